The molecular formula is C68H42N2S. The van der Waals surface area contributed by atoms with Crippen molar-refractivity contribution < 1.29 is 0 Å². The Morgan fingerprint density at radius 1 is 0.268 bits per heavy atom. The Labute approximate surface area is 415 Å². The number of benzene rings is 12. The Balaban J connectivity index is 0.868. The normalized spacial score (nSPS) is 11.7. The largest absolute Gasteiger partial charge is 0.228 e. The van der Waals surface area contributed by atoms with Crippen LogP contribution in [0.2, 0.25) is 0 Å². The molecule has 0 aliphatic rings. The standard InChI is InChI=1S/C68H42N2S/c1-3-17-48(18-4-1)64-56-25-11-12-26-57(56)65(60-39-38-43-16-7-8-21-51(43)66(60)64)58-41-40-50(53-22-9-10-23-54(53)58)44-30-34-46(35-31-44)61-42-62(70-68(69-61)49-19-5-2-6-20-49)47-36-32-45(33-37-47)52-27-15-28-59-55-24-13-14-29-63(55)71-67(52)59/h1-42H. The second kappa shape index (κ2) is 16.9. The molecule has 330 valence electrons. The summed E-state index contributed by atoms with van der Waals surface area (Å²) in [6, 6.07) is 92.4. The maximum absolute atomic E-state index is 5.20. The lowest BCUT2D eigenvalue weighted by Gasteiger charge is -2.21. The summed E-state index contributed by atoms with van der Waals surface area (Å²) in [4.78, 5) is 10.4. The van der Waals surface area contributed by atoms with Gasteiger partial charge < -0.3 is 0 Å². The van der Waals surface area contributed by atoms with Crippen LogP contribution in [0, 0.1) is 0 Å². The van der Waals surface area contributed by atoms with Gasteiger partial charge in [0.2, 0.25) is 0 Å². The first-order valence-corrected chi connectivity index (χ1v) is 25.0. The van der Waals surface area contributed by atoms with Crippen LogP contribution in [0.3, 0.4) is 0 Å². The number of nitrogens with zero attached hydrogens (tertiary/aromatic N) is 2. The van der Waals surface area contributed by atoms with Crippen molar-refractivity contribution in [3.63, 3.8) is 0 Å². The minimum atomic E-state index is 0.702. The smallest absolute Gasteiger partial charge is 0.160 e. The SMILES string of the molecule is c1ccc(-c2nc(-c3ccc(-c4ccc(-c5c6ccccc6c(-c6ccccc6)c6c5ccc5ccccc56)c5ccccc45)cc3)cc(-c3ccc(-c4cccc5c4sc4ccccc45)cc3)n2)cc1. The van der Waals surface area contributed by atoms with Gasteiger partial charge >= 0.3 is 0 Å². The van der Waals surface area contributed by atoms with E-state index in [2.05, 4.69) is 237 Å². The highest BCUT2D eigenvalue weighted by Gasteiger charge is 2.21. The molecule has 0 fully saturated rings. The van der Waals surface area contributed by atoms with Gasteiger partial charge in [-0.15, -0.1) is 11.3 Å². The van der Waals surface area contributed by atoms with Crippen LogP contribution in [0.1, 0.15) is 0 Å². The molecule has 2 aromatic heterocycles. The molecule has 0 atom stereocenters. The summed E-state index contributed by atoms with van der Waals surface area (Å²) in [5, 5.41) is 12.6. The molecule has 0 aliphatic heterocycles. The van der Waals surface area contributed by atoms with Gasteiger partial charge in [-0.25, -0.2) is 9.97 Å². The van der Waals surface area contributed by atoms with Gasteiger partial charge in [0, 0.05) is 36.9 Å². The van der Waals surface area contributed by atoms with E-state index in [1.165, 1.54) is 102 Å². The lowest BCUT2D eigenvalue weighted by molar-refractivity contribution is 1.18. The Morgan fingerprint density at radius 2 is 0.775 bits per heavy atom. The number of hydrogen-bond acceptors (Lipinski definition) is 3. The maximum Gasteiger partial charge on any atom is 0.160 e. The molecule has 0 saturated heterocycles. The second-order valence-corrected chi connectivity index (χ2v) is 19.4. The Morgan fingerprint density at radius 3 is 1.46 bits per heavy atom. The number of rotatable bonds is 7. The molecule has 0 bridgehead atoms. The van der Waals surface area contributed by atoms with E-state index < -0.39 is 0 Å². The summed E-state index contributed by atoms with van der Waals surface area (Å²) in [5.41, 5.74) is 14.6. The third-order valence-corrected chi connectivity index (χ3v) is 15.5. The lowest BCUT2D eigenvalue weighted by atomic mass is 9.82. The highest BCUT2D eigenvalue weighted by molar-refractivity contribution is 7.26. The third-order valence-electron chi connectivity index (χ3n) is 14.3. The number of aromatic nitrogens is 2. The molecule has 2 heterocycles. The van der Waals surface area contributed by atoms with Crippen LogP contribution < -0.4 is 0 Å². The maximum atomic E-state index is 5.20. The topological polar surface area (TPSA) is 25.8 Å². The summed E-state index contributed by atoms with van der Waals surface area (Å²) in [7, 11) is 0. The van der Waals surface area contributed by atoms with Crippen LogP contribution in [0.5, 0.6) is 0 Å². The van der Waals surface area contributed by atoms with E-state index in [4.69, 9.17) is 9.97 Å². The van der Waals surface area contributed by atoms with Crippen LogP contribution in [0.4, 0.5) is 0 Å². The minimum absolute atomic E-state index is 0.702. The zero-order valence-electron chi connectivity index (χ0n) is 38.6. The zero-order valence-corrected chi connectivity index (χ0v) is 39.4. The Hall–Kier alpha value is -9.02. The average molecular weight is 919 g/mol. The van der Waals surface area contributed by atoms with Gasteiger partial charge in [0.05, 0.1) is 11.4 Å². The number of hydrogen-bond donors (Lipinski definition) is 0. The van der Waals surface area contributed by atoms with E-state index in [0.29, 0.717) is 5.82 Å². The fourth-order valence-corrected chi connectivity index (χ4v) is 12.2. The monoisotopic (exact) mass is 918 g/mol. The van der Waals surface area contributed by atoms with Gasteiger partial charge in [-0.1, -0.05) is 243 Å². The van der Waals surface area contributed by atoms with Crippen LogP contribution >= 0.6 is 11.3 Å². The zero-order chi connectivity index (χ0) is 46.8. The van der Waals surface area contributed by atoms with E-state index in [9.17, 15) is 0 Å². The first-order chi connectivity index (χ1) is 35.2. The third kappa shape index (κ3) is 6.93. The Kier molecular flexibility index (Phi) is 9.75. The summed E-state index contributed by atoms with van der Waals surface area (Å²) in [6.07, 6.45) is 0. The van der Waals surface area contributed by atoms with Gasteiger partial charge in [-0.05, 0) is 99.7 Å². The summed E-state index contributed by atoms with van der Waals surface area (Å²) >= 11 is 1.86. The van der Waals surface area contributed by atoms with Crippen molar-refractivity contribution in [2.45, 2.75) is 0 Å². The molecular weight excluding hydrogens is 877 g/mol. The van der Waals surface area contributed by atoms with E-state index in [1.54, 1.807) is 0 Å². The van der Waals surface area contributed by atoms with Crippen LogP contribution in [-0.4, -0.2) is 9.97 Å². The number of thiophene rings is 1. The quantitative estimate of drug-likeness (QED) is 0.118. The van der Waals surface area contributed by atoms with Crippen molar-refractivity contribution >= 4 is 74.6 Å². The predicted octanol–water partition coefficient (Wildman–Crippen LogP) is 19.1. The fourth-order valence-electron chi connectivity index (χ4n) is 11.0. The molecule has 0 spiro atoms. The molecule has 2 nitrogen and oxygen atoms in total. The first kappa shape index (κ1) is 41.0. The highest BCUT2D eigenvalue weighted by atomic mass is 32.1. The van der Waals surface area contributed by atoms with E-state index in [1.807, 2.05) is 29.5 Å². The molecule has 0 N–H and O–H groups in total. The van der Waals surface area contributed by atoms with Crippen LogP contribution in [-0.2, 0) is 0 Å². The molecule has 3 heteroatoms. The molecule has 0 saturated carbocycles. The van der Waals surface area contributed by atoms with Crippen molar-refractivity contribution in [2.24, 2.45) is 0 Å². The fraction of sp³-hybridized carbons (Fsp3) is 0. The van der Waals surface area contributed by atoms with Crippen LogP contribution in [0.15, 0.2) is 255 Å². The summed E-state index contributed by atoms with van der Waals surface area (Å²) in [6.45, 7) is 0. The molecule has 0 unspecified atom stereocenters. The number of fused-ring (bicyclic) bond motifs is 8. The minimum Gasteiger partial charge on any atom is -0.228 e. The lowest BCUT2D eigenvalue weighted by Crippen LogP contribution is -1.96. The van der Waals surface area contributed by atoms with Gasteiger partial charge in [-0.3, -0.25) is 0 Å². The molecule has 0 radical (unpaired) electrons. The van der Waals surface area contributed by atoms with Gasteiger partial charge in [0.25, 0.3) is 0 Å². The van der Waals surface area contributed by atoms with Gasteiger partial charge in [-0.2, -0.15) is 0 Å². The van der Waals surface area contributed by atoms with Crippen molar-refractivity contribution in [1.29, 1.82) is 0 Å². The average Bonchev–Trinajstić information content (AvgIpc) is 3.84. The molecule has 14 rings (SSSR count). The van der Waals surface area contributed by atoms with Crippen molar-refractivity contribution in [2.75, 3.05) is 0 Å². The van der Waals surface area contributed by atoms with E-state index in [-0.39, 0.29) is 0 Å². The van der Waals surface area contributed by atoms with E-state index >= 15 is 0 Å². The first-order valence-electron chi connectivity index (χ1n) is 24.2. The predicted molar refractivity (Wildman–Crippen MR) is 303 cm³/mol. The molecule has 0 aliphatic carbocycles. The summed E-state index contributed by atoms with van der Waals surface area (Å²) < 4.78 is 2.62. The van der Waals surface area contributed by atoms with Crippen molar-refractivity contribution in [3.8, 4) is 78.4 Å². The van der Waals surface area contributed by atoms with Crippen molar-refractivity contribution in [1.82, 2.24) is 9.97 Å². The molecule has 71 heavy (non-hydrogen) atoms. The summed E-state index contributed by atoms with van der Waals surface area (Å²) in [5.74, 6) is 0.702. The molecule has 14 aromatic rings. The Bertz CT molecular complexity index is 4360. The van der Waals surface area contributed by atoms with Crippen LogP contribution in [0.25, 0.3) is 142 Å². The second-order valence-electron chi connectivity index (χ2n) is 18.3. The van der Waals surface area contributed by atoms with Crippen molar-refractivity contribution in [3.05, 3.63) is 255 Å². The van der Waals surface area contributed by atoms with E-state index in [0.717, 1.165) is 33.6 Å². The molecule has 12 aromatic carbocycles. The van der Waals surface area contributed by atoms with Gasteiger partial charge in [0.1, 0.15) is 0 Å². The molecule has 0 amide bonds. The van der Waals surface area contributed by atoms with Gasteiger partial charge in [0.15, 0.2) is 5.82 Å². The highest BCUT2D eigenvalue weighted by Crippen LogP contribution is 2.49.